The smallest absolute Gasteiger partial charge is 0.187 e. The number of benzene rings is 3. The van der Waals surface area contributed by atoms with Crippen molar-refractivity contribution < 1.29 is 0 Å². The zero-order valence-corrected chi connectivity index (χ0v) is 20.1. The minimum atomic E-state index is 0.122. The molecule has 1 aliphatic rings. The first-order valence-corrected chi connectivity index (χ1v) is 11.8. The van der Waals surface area contributed by atoms with Crippen LogP contribution in [0, 0.1) is 6.57 Å². The Morgan fingerprint density at radius 3 is 2.25 bits per heavy atom. The van der Waals surface area contributed by atoms with E-state index in [4.69, 9.17) is 41.4 Å². The molecule has 6 heteroatoms. The van der Waals surface area contributed by atoms with E-state index in [1.54, 1.807) is 6.07 Å². The maximum absolute atomic E-state index is 7.21. The van der Waals surface area contributed by atoms with Crippen LogP contribution in [0.5, 0.6) is 0 Å². The van der Waals surface area contributed by atoms with Gasteiger partial charge >= 0.3 is 0 Å². The van der Waals surface area contributed by atoms with E-state index in [1.165, 1.54) is 11.1 Å². The van der Waals surface area contributed by atoms with Crippen LogP contribution >= 0.6 is 34.8 Å². The van der Waals surface area contributed by atoms with Crippen LogP contribution in [0.1, 0.15) is 36.6 Å². The minimum Gasteiger partial charge on any atom is -0.361 e. The second-order valence-corrected chi connectivity index (χ2v) is 9.26. The van der Waals surface area contributed by atoms with E-state index in [0.29, 0.717) is 15.7 Å². The topological polar surface area (TPSA) is 10.8 Å². The average molecular weight is 485 g/mol. The van der Waals surface area contributed by atoms with Gasteiger partial charge in [0.05, 0.1) is 23.3 Å². The Balaban J connectivity index is 1.67. The van der Waals surface area contributed by atoms with Gasteiger partial charge in [-0.25, -0.2) is 4.85 Å². The first-order chi connectivity index (χ1) is 15.5. The molecule has 0 N–H and O–H groups in total. The van der Waals surface area contributed by atoms with Crippen LogP contribution in [-0.2, 0) is 0 Å². The Bertz CT molecular complexity index is 1110. The van der Waals surface area contributed by atoms with Crippen molar-refractivity contribution in [2.45, 2.75) is 25.4 Å². The third kappa shape index (κ3) is 4.90. The van der Waals surface area contributed by atoms with E-state index in [2.05, 4.69) is 45.8 Å². The van der Waals surface area contributed by atoms with Crippen LogP contribution in [0.25, 0.3) is 4.85 Å². The van der Waals surface area contributed by atoms with Crippen LogP contribution in [0.3, 0.4) is 0 Å². The van der Waals surface area contributed by atoms with Crippen molar-refractivity contribution >= 4 is 46.2 Å². The molecule has 0 saturated carbocycles. The molecule has 3 aromatic rings. The van der Waals surface area contributed by atoms with Crippen LogP contribution < -0.4 is 4.90 Å². The number of halogens is 3. The van der Waals surface area contributed by atoms with Gasteiger partial charge in [-0.3, -0.25) is 4.90 Å². The molecule has 0 spiro atoms. The van der Waals surface area contributed by atoms with E-state index in [0.717, 1.165) is 36.8 Å². The van der Waals surface area contributed by atoms with Gasteiger partial charge in [0.2, 0.25) is 0 Å². The summed E-state index contributed by atoms with van der Waals surface area (Å²) in [5.41, 5.74) is 4.10. The SMILES string of the molecule is [C-]#[N+]c1ccc([C@H](CC)N2CCN(c3ccc(Cl)cc3Cl)C(c3ccc(Cl)cc3)C2)cc1. The Morgan fingerprint density at radius 2 is 1.62 bits per heavy atom. The first kappa shape index (κ1) is 23.0. The van der Waals surface area contributed by atoms with E-state index < -0.39 is 0 Å². The number of rotatable bonds is 5. The standard InChI is InChI=1S/C26H24Cl3N3/c1-3-24(18-6-11-22(30-2)12-7-18)31-14-15-32(25-13-10-21(28)16-23(25)29)26(17-31)19-4-8-20(27)9-5-19/h4-13,16,24,26H,3,14-15,17H2,1H3/t24-,26?/m0/s1. The summed E-state index contributed by atoms with van der Waals surface area (Å²) in [6.45, 7) is 12.0. The quantitative estimate of drug-likeness (QED) is 0.338. The number of hydrogen-bond acceptors (Lipinski definition) is 2. The molecular formula is C26H24Cl3N3. The predicted molar refractivity (Wildman–Crippen MR) is 135 cm³/mol. The van der Waals surface area contributed by atoms with E-state index in [1.807, 2.05) is 36.4 Å². The molecule has 1 heterocycles. The molecule has 4 rings (SSSR count). The Hall–Kier alpha value is -2.22. The lowest BCUT2D eigenvalue weighted by Crippen LogP contribution is -2.49. The fourth-order valence-electron chi connectivity index (χ4n) is 4.54. The van der Waals surface area contributed by atoms with Crippen molar-refractivity contribution in [2.24, 2.45) is 0 Å². The maximum Gasteiger partial charge on any atom is 0.187 e. The summed E-state index contributed by atoms with van der Waals surface area (Å²) in [5.74, 6) is 0. The predicted octanol–water partition coefficient (Wildman–Crippen LogP) is 8.21. The van der Waals surface area contributed by atoms with Crippen LogP contribution in [-0.4, -0.2) is 24.5 Å². The molecule has 0 amide bonds. The summed E-state index contributed by atoms with van der Waals surface area (Å²) in [6.07, 6.45) is 0.992. The number of hydrogen-bond donors (Lipinski definition) is 0. The van der Waals surface area contributed by atoms with Crippen LogP contribution in [0.15, 0.2) is 66.7 Å². The van der Waals surface area contributed by atoms with E-state index >= 15 is 0 Å². The van der Waals surface area contributed by atoms with Crippen molar-refractivity contribution in [1.29, 1.82) is 0 Å². The van der Waals surface area contributed by atoms with Gasteiger partial charge in [-0.2, -0.15) is 0 Å². The molecule has 1 saturated heterocycles. The molecule has 1 aliphatic heterocycles. The van der Waals surface area contributed by atoms with Crippen molar-refractivity contribution in [2.75, 3.05) is 24.5 Å². The number of anilines is 1. The van der Waals surface area contributed by atoms with Crippen LogP contribution in [0.2, 0.25) is 15.1 Å². The number of nitrogens with zero attached hydrogens (tertiary/aromatic N) is 3. The van der Waals surface area contributed by atoms with Gasteiger partial charge in [0, 0.05) is 35.7 Å². The fraction of sp³-hybridized carbons (Fsp3) is 0.269. The Labute approximate surface area is 204 Å². The third-order valence-electron chi connectivity index (χ3n) is 6.12. The van der Waals surface area contributed by atoms with Crippen molar-refractivity contribution in [3.05, 3.63) is 104 Å². The van der Waals surface area contributed by atoms with Gasteiger partial charge in [-0.05, 0) is 47.9 Å². The maximum atomic E-state index is 7.21. The second kappa shape index (κ2) is 10.1. The molecular weight excluding hydrogens is 461 g/mol. The monoisotopic (exact) mass is 483 g/mol. The lowest BCUT2D eigenvalue weighted by Gasteiger charge is -2.46. The summed E-state index contributed by atoms with van der Waals surface area (Å²) in [4.78, 5) is 8.43. The van der Waals surface area contributed by atoms with Gasteiger partial charge in [0.25, 0.3) is 0 Å². The molecule has 0 bridgehead atoms. The van der Waals surface area contributed by atoms with Gasteiger partial charge in [0.1, 0.15) is 0 Å². The van der Waals surface area contributed by atoms with Crippen molar-refractivity contribution in [1.82, 2.24) is 4.90 Å². The highest BCUT2D eigenvalue weighted by Crippen LogP contribution is 2.39. The molecule has 0 aliphatic carbocycles. The zero-order chi connectivity index (χ0) is 22.7. The molecule has 32 heavy (non-hydrogen) atoms. The summed E-state index contributed by atoms with van der Waals surface area (Å²) >= 11 is 18.9. The van der Waals surface area contributed by atoms with Crippen molar-refractivity contribution in [3.63, 3.8) is 0 Å². The highest BCUT2D eigenvalue weighted by Gasteiger charge is 2.33. The zero-order valence-electron chi connectivity index (χ0n) is 17.8. The Morgan fingerprint density at radius 1 is 0.938 bits per heavy atom. The largest absolute Gasteiger partial charge is 0.361 e. The average Bonchev–Trinajstić information content (AvgIpc) is 2.81. The second-order valence-electron chi connectivity index (χ2n) is 7.98. The summed E-state index contributed by atoms with van der Waals surface area (Å²) in [6, 6.07) is 22.2. The lowest BCUT2D eigenvalue weighted by atomic mass is 9.96. The molecule has 3 nitrogen and oxygen atoms in total. The normalized spacial score (nSPS) is 17.7. The molecule has 164 valence electrons. The summed E-state index contributed by atoms with van der Waals surface area (Å²) in [7, 11) is 0. The van der Waals surface area contributed by atoms with Gasteiger partial charge < -0.3 is 4.90 Å². The highest BCUT2D eigenvalue weighted by atomic mass is 35.5. The van der Waals surface area contributed by atoms with E-state index in [-0.39, 0.29) is 12.1 Å². The first-order valence-electron chi connectivity index (χ1n) is 10.7. The summed E-state index contributed by atoms with van der Waals surface area (Å²) in [5, 5.41) is 2.02. The summed E-state index contributed by atoms with van der Waals surface area (Å²) < 4.78 is 0. The molecule has 0 radical (unpaired) electrons. The van der Waals surface area contributed by atoms with Gasteiger partial charge in [-0.15, -0.1) is 0 Å². The minimum absolute atomic E-state index is 0.122. The molecule has 2 atom stereocenters. The highest BCUT2D eigenvalue weighted by molar-refractivity contribution is 6.36. The van der Waals surface area contributed by atoms with Crippen LogP contribution in [0.4, 0.5) is 11.4 Å². The van der Waals surface area contributed by atoms with E-state index in [9.17, 15) is 0 Å². The number of piperazine rings is 1. The van der Waals surface area contributed by atoms with Gasteiger partial charge in [-0.1, -0.05) is 78.1 Å². The molecule has 1 fully saturated rings. The third-order valence-corrected chi connectivity index (χ3v) is 6.91. The molecule has 3 aromatic carbocycles. The Kier molecular flexibility index (Phi) is 7.28. The molecule has 0 aromatic heterocycles. The van der Waals surface area contributed by atoms with Gasteiger partial charge in [0.15, 0.2) is 5.69 Å². The molecule has 1 unspecified atom stereocenters. The van der Waals surface area contributed by atoms with Crippen molar-refractivity contribution in [3.8, 4) is 0 Å². The fourth-order valence-corrected chi connectivity index (χ4v) is 5.18. The lowest BCUT2D eigenvalue weighted by molar-refractivity contribution is 0.156.